The molecule has 0 spiro atoms. The largest absolute Gasteiger partial charge is 0.439 e. The van der Waals surface area contributed by atoms with Crippen LogP contribution in [0.5, 0.6) is 0 Å². The van der Waals surface area contributed by atoms with E-state index in [9.17, 15) is 0 Å². The summed E-state index contributed by atoms with van der Waals surface area (Å²) in [5.41, 5.74) is 6.97. The molecule has 21 heavy (non-hydrogen) atoms. The molecule has 2 aromatic rings. The van der Waals surface area contributed by atoms with Crippen molar-refractivity contribution in [2.75, 3.05) is 13.1 Å². The minimum atomic E-state index is 0. The number of hydrogen-bond donors (Lipinski definition) is 1. The van der Waals surface area contributed by atoms with Gasteiger partial charge in [0, 0.05) is 29.7 Å². The highest BCUT2D eigenvalue weighted by Crippen LogP contribution is 2.24. The number of likely N-dealkylation sites (tertiary alicyclic amines) is 1. The molecule has 2 N–H and O–H groups in total. The Morgan fingerprint density at radius 2 is 2.24 bits per heavy atom. The molecule has 1 aliphatic rings. The Hall–Kier alpha value is -1.07. The maximum atomic E-state index is 6.03. The number of halogens is 2. The maximum Gasteiger partial charge on any atom is 0.209 e. The molecule has 0 amide bonds. The van der Waals surface area contributed by atoms with Crippen molar-refractivity contribution in [1.82, 2.24) is 9.88 Å². The second-order valence-corrected chi connectivity index (χ2v) is 5.90. The first kappa shape index (κ1) is 16.3. The van der Waals surface area contributed by atoms with E-state index in [0.29, 0.717) is 17.5 Å². The monoisotopic (exact) mass is 327 g/mol. The Balaban J connectivity index is 0.00000161. The van der Waals surface area contributed by atoms with Crippen LogP contribution in [0.1, 0.15) is 12.8 Å². The third kappa shape index (κ3) is 3.77. The molecule has 1 aliphatic heterocycles. The molecule has 1 aromatic heterocycles. The molecule has 3 rings (SSSR count). The SMILES string of the molecule is CC1CN(Cc2ncc(-c3cccc(Cl)c3)o2)CC1N.Cl. The molecular weight excluding hydrogens is 309 g/mol. The Labute approximate surface area is 135 Å². The van der Waals surface area contributed by atoms with E-state index >= 15 is 0 Å². The number of nitrogens with zero attached hydrogens (tertiary/aromatic N) is 2. The molecule has 0 bridgehead atoms. The lowest BCUT2D eigenvalue weighted by molar-refractivity contribution is 0.283. The van der Waals surface area contributed by atoms with Crippen molar-refractivity contribution in [3.63, 3.8) is 0 Å². The zero-order valence-corrected chi connectivity index (χ0v) is 13.4. The second-order valence-electron chi connectivity index (χ2n) is 5.46. The van der Waals surface area contributed by atoms with E-state index in [1.165, 1.54) is 0 Å². The van der Waals surface area contributed by atoms with E-state index in [1.54, 1.807) is 6.20 Å². The van der Waals surface area contributed by atoms with Gasteiger partial charge in [0.05, 0.1) is 12.7 Å². The summed E-state index contributed by atoms with van der Waals surface area (Å²) in [4.78, 5) is 6.62. The van der Waals surface area contributed by atoms with Gasteiger partial charge in [-0.15, -0.1) is 12.4 Å². The third-order valence-electron chi connectivity index (χ3n) is 3.77. The van der Waals surface area contributed by atoms with E-state index in [1.807, 2.05) is 24.3 Å². The van der Waals surface area contributed by atoms with Gasteiger partial charge in [-0.2, -0.15) is 0 Å². The molecular formula is C15H19Cl2N3O. The van der Waals surface area contributed by atoms with Crippen molar-refractivity contribution in [1.29, 1.82) is 0 Å². The van der Waals surface area contributed by atoms with Gasteiger partial charge in [0.15, 0.2) is 5.76 Å². The zero-order valence-electron chi connectivity index (χ0n) is 11.8. The Bertz CT molecular complexity index is 592. The van der Waals surface area contributed by atoms with Crippen LogP contribution in [0, 0.1) is 5.92 Å². The predicted molar refractivity (Wildman–Crippen MR) is 86.6 cm³/mol. The fraction of sp³-hybridized carbons (Fsp3) is 0.400. The summed E-state index contributed by atoms with van der Waals surface area (Å²) >= 11 is 5.99. The normalized spacial score (nSPS) is 22.2. The lowest BCUT2D eigenvalue weighted by Gasteiger charge is -2.11. The van der Waals surface area contributed by atoms with Crippen molar-refractivity contribution in [2.45, 2.75) is 19.5 Å². The van der Waals surface area contributed by atoms with Gasteiger partial charge in [-0.25, -0.2) is 4.98 Å². The number of nitrogens with two attached hydrogens (primary N) is 1. The topological polar surface area (TPSA) is 55.3 Å². The van der Waals surface area contributed by atoms with Gasteiger partial charge in [-0.1, -0.05) is 30.7 Å². The van der Waals surface area contributed by atoms with Crippen LogP contribution in [0.4, 0.5) is 0 Å². The summed E-state index contributed by atoms with van der Waals surface area (Å²) in [7, 11) is 0. The summed E-state index contributed by atoms with van der Waals surface area (Å²) < 4.78 is 5.80. The van der Waals surface area contributed by atoms with Crippen LogP contribution in [0.25, 0.3) is 11.3 Å². The first-order chi connectivity index (χ1) is 9.61. The summed E-state index contributed by atoms with van der Waals surface area (Å²) in [6, 6.07) is 7.83. The molecule has 6 heteroatoms. The minimum absolute atomic E-state index is 0. The van der Waals surface area contributed by atoms with Crippen molar-refractivity contribution >= 4 is 24.0 Å². The highest BCUT2D eigenvalue weighted by molar-refractivity contribution is 6.30. The molecule has 0 saturated carbocycles. The number of hydrogen-bond acceptors (Lipinski definition) is 4. The lowest BCUT2D eigenvalue weighted by atomic mass is 10.1. The van der Waals surface area contributed by atoms with E-state index in [0.717, 1.165) is 30.3 Å². The Kier molecular flexibility index (Phi) is 5.27. The van der Waals surface area contributed by atoms with Crippen molar-refractivity contribution in [2.24, 2.45) is 11.7 Å². The van der Waals surface area contributed by atoms with E-state index in [-0.39, 0.29) is 18.4 Å². The molecule has 114 valence electrons. The second kappa shape index (κ2) is 6.79. The molecule has 2 heterocycles. The molecule has 2 atom stereocenters. The smallest absolute Gasteiger partial charge is 0.209 e. The van der Waals surface area contributed by atoms with Crippen LogP contribution >= 0.6 is 24.0 Å². The Morgan fingerprint density at radius 1 is 1.43 bits per heavy atom. The van der Waals surface area contributed by atoms with Crippen molar-refractivity contribution < 1.29 is 4.42 Å². The van der Waals surface area contributed by atoms with Crippen molar-refractivity contribution in [3.8, 4) is 11.3 Å². The van der Waals surface area contributed by atoms with Crippen molar-refractivity contribution in [3.05, 3.63) is 41.4 Å². The molecule has 2 unspecified atom stereocenters. The average Bonchev–Trinajstić information content (AvgIpc) is 2.98. The van der Waals surface area contributed by atoms with Crippen LogP contribution in [-0.4, -0.2) is 29.0 Å². The van der Waals surface area contributed by atoms with Crippen LogP contribution in [0.2, 0.25) is 5.02 Å². The summed E-state index contributed by atoms with van der Waals surface area (Å²) in [5, 5.41) is 0.694. The molecule has 1 fully saturated rings. The quantitative estimate of drug-likeness (QED) is 0.940. The number of benzene rings is 1. The molecule has 1 saturated heterocycles. The fourth-order valence-electron chi connectivity index (χ4n) is 2.57. The van der Waals surface area contributed by atoms with Gasteiger partial charge < -0.3 is 10.2 Å². The summed E-state index contributed by atoms with van der Waals surface area (Å²) in [5.74, 6) is 2.00. The van der Waals surface area contributed by atoms with E-state index in [4.69, 9.17) is 21.8 Å². The van der Waals surface area contributed by atoms with Crippen LogP contribution < -0.4 is 5.73 Å². The van der Waals surface area contributed by atoms with Gasteiger partial charge in [0.25, 0.3) is 0 Å². The van der Waals surface area contributed by atoms with Gasteiger partial charge in [-0.3, -0.25) is 4.90 Å². The first-order valence-electron chi connectivity index (χ1n) is 6.80. The minimum Gasteiger partial charge on any atom is -0.439 e. The highest BCUT2D eigenvalue weighted by Gasteiger charge is 2.27. The van der Waals surface area contributed by atoms with Gasteiger partial charge in [0.1, 0.15) is 0 Å². The van der Waals surface area contributed by atoms with Gasteiger partial charge in [-0.05, 0) is 18.1 Å². The molecule has 0 radical (unpaired) electrons. The maximum absolute atomic E-state index is 6.03. The van der Waals surface area contributed by atoms with Crippen LogP contribution in [0.15, 0.2) is 34.9 Å². The fourth-order valence-corrected chi connectivity index (χ4v) is 2.76. The predicted octanol–water partition coefficient (Wildman–Crippen LogP) is 3.20. The van der Waals surface area contributed by atoms with Gasteiger partial charge >= 0.3 is 0 Å². The first-order valence-corrected chi connectivity index (χ1v) is 7.18. The molecule has 0 aliphatic carbocycles. The molecule has 4 nitrogen and oxygen atoms in total. The van der Waals surface area contributed by atoms with Crippen LogP contribution in [0.3, 0.4) is 0 Å². The third-order valence-corrected chi connectivity index (χ3v) is 4.00. The average molecular weight is 328 g/mol. The summed E-state index contributed by atoms with van der Waals surface area (Å²) in [6.07, 6.45) is 1.75. The number of rotatable bonds is 3. The van der Waals surface area contributed by atoms with Crippen LogP contribution in [-0.2, 0) is 6.54 Å². The lowest BCUT2D eigenvalue weighted by Crippen LogP contribution is -2.28. The highest BCUT2D eigenvalue weighted by atomic mass is 35.5. The Morgan fingerprint density at radius 3 is 2.90 bits per heavy atom. The van der Waals surface area contributed by atoms with E-state index < -0.39 is 0 Å². The van der Waals surface area contributed by atoms with E-state index in [2.05, 4.69) is 16.8 Å². The zero-order chi connectivity index (χ0) is 14.1. The summed E-state index contributed by atoms with van der Waals surface area (Å²) in [6.45, 7) is 4.78. The number of aromatic nitrogens is 1. The standard InChI is InChI=1S/C15H18ClN3O.ClH/c1-10-7-19(8-13(10)17)9-15-18-6-14(20-15)11-3-2-4-12(16)5-11;/h2-6,10,13H,7-9,17H2,1H3;1H. The molecule has 1 aromatic carbocycles. The van der Waals surface area contributed by atoms with Gasteiger partial charge in [0.2, 0.25) is 5.89 Å². The number of oxazole rings is 1.